The van der Waals surface area contributed by atoms with Gasteiger partial charge >= 0.3 is 0 Å². The van der Waals surface area contributed by atoms with Crippen LogP contribution in [0, 0.1) is 0 Å². The molecule has 0 unspecified atom stereocenters. The van der Waals surface area contributed by atoms with E-state index in [1.54, 1.807) is 17.4 Å². The molecule has 2 heterocycles. The smallest absolute Gasteiger partial charge is 0.185 e. The van der Waals surface area contributed by atoms with E-state index in [2.05, 4.69) is 58.6 Å². The van der Waals surface area contributed by atoms with Crippen LogP contribution in [0.5, 0.6) is 0 Å². The Balaban J connectivity index is 1.58. The second-order valence-electron chi connectivity index (χ2n) is 10.9. The average Bonchev–Trinajstić information content (AvgIpc) is 3.33. The lowest BCUT2D eigenvalue weighted by Crippen LogP contribution is -2.39. The van der Waals surface area contributed by atoms with E-state index in [1.165, 1.54) is 5.56 Å². The molecule has 0 spiro atoms. The van der Waals surface area contributed by atoms with Gasteiger partial charge in [-0.15, -0.1) is 11.3 Å². The highest BCUT2D eigenvalue weighted by molar-refractivity contribution is 7.92. The third-order valence-electron chi connectivity index (χ3n) is 7.21. The molecule has 0 amide bonds. The van der Waals surface area contributed by atoms with Gasteiger partial charge in [-0.3, -0.25) is 0 Å². The first kappa shape index (κ1) is 28.4. The fraction of sp³-hybridized carbons (Fsp3) is 0.483. The molecule has 0 atom stereocenters. The van der Waals surface area contributed by atoms with Crippen molar-refractivity contribution in [1.82, 2.24) is 4.98 Å². The van der Waals surface area contributed by atoms with E-state index in [0.717, 1.165) is 27.5 Å². The van der Waals surface area contributed by atoms with Crippen LogP contribution < -0.4 is 4.90 Å². The second-order valence-corrected chi connectivity index (χ2v) is 14.7. The third kappa shape index (κ3) is 5.88. The molecule has 1 saturated heterocycles. The molecule has 2 aromatic carbocycles. The van der Waals surface area contributed by atoms with Gasteiger partial charge in [-0.05, 0) is 65.5 Å². The molecule has 3 aromatic rings. The highest BCUT2D eigenvalue weighted by atomic mass is 35.5. The van der Waals surface area contributed by atoms with Crippen molar-refractivity contribution in [2.75, 3.05) is 18.0 Å². The van der Waals surface area contributed by atoms with Crippen LogP contribution in [-0.2, 0) is 9.84 Å². The minimum Gasteiger partial charge on any atom is -0.348 e. The summed E-state index contributed by atoms with van der Waals surface area (Å²) in [5.41, 5.74) is 4.79. The Labute approximate surface area is 236 Å². The van der Waals surface area contributed by atoms with E-state index in [1.807, 2.05) is 17.5 Å². The minimum absolute atomic E-state index is 0.134. The lowest BCUT2D eigenvalue weighted by Gasteiger charge is -2.33. The lowest BCUT2D eigenvalue weighted by atomic mass is 9.89. The Hall–Kier alpha value is -1.60. The van der Waals surface area contributed by atoms with Crippen molar-refractivity contribution in [3.8, 4) is 11.3 Å². The number of nitrogens with zero attached hydrogens (tertiary/aromatic N) is 2. The predicted octanol–water partition coefficient (Wildman–Crippen LogP) is 8.93. The maximum Gasteiger partial charge on any atom is 0.185 e. The van der Waals surface area contributed by atoms with E-state index < -0.39 is 15.1 Å². The minimum atomic E-state index is -3.48. The number of hydrogen-bond donors (Lipinski definition) is 0. The Kier molecular flexibility index (Phi) is 8.64. The fourth-order valence-electron chi connectivity index (χ4n) is 4.97. The van der Waals surface area contributed by atoms with Crippen LogP contribution in [-0.4, -0.2) is 31.7 Å². The maximum atomic E-state index is 14.2. The summed E-state index contributed by atoms with van der Waals surface area (Å²) >= 11 is 14.0. The number of benzene rings is 2. The molecule has 1 aromatic heterocycles. The number of rotatable bonds is 7. The van der Waals surface area contributed by atoms with Crippen molar-refractivity contribution in [2.45, 2.75) is 82.3 Å². The molecule has 8 heteroatoms. The van der Waals surface area contributed by atoms with Gasteiger partial charge < -0.3 is 4.90 Å². The van der Waals surface area contributed by atoms with Gasteiger partial charge in [-0.25, -0.2) is 13.4 Å². The molecule has 0 bridgehead atoms. The number of sulfone groups is 1. The number of piperidine rings is 1. The molecule has 1 aliphatic heterocycles. The highest BCUT2D eigenvalue weighted by Gasteiger charge is 2.36. The normalized spacial score (nSPS) is 15.4. The van der Waals surface area contributed by atoms with Crippen LogP contribution in [0.25, 0.3) is 11.3 Å². The maximum absolute atomic E-state index is 14.2. The summed E-state index contributed by atoms with van der Waals surface area (Å²) in [5.74, 6) is 0.616. The van der Waals surface area contributed by atoms with Crippen molar-refractivity contribution in [1.29, 1.82) is 0 Å². The first-order valence-corrected chi connectivity index (χ1v) is 16.2. The van der Waals surface area contributed by atoms with Crippen LogP contribution in [0.2, 0.25) is 10.0 Å². The van der Waals surface area contributed by atoms with Gasteiger partial charge in [-0.2, -0.15) is 0 Å². The summed E-state index contributed by atoms with van der Waals surface area (Å²) in [4.78, 5) is 7.58. The molecular formula is C29H36Cl2N2O2S2. The van der Waals surface area contributed by atoms with Crippen LogP contribution >= 0.6 is 34.5 Å². The van der Waals surface area contributed by atoms with E-state index in [0.29, 0.717) is 46.8 Å². The molecule has 0 saturated carbocycles. The van der Waals surface area contributed by atoms with Gasteiger partial charge in [0.2, 0.25) is 0 Å². The summed E-state index contributed by atoms with van der Waals surface area (Å²) < 4.78 is 28.3. The summed E-state index contributed by atoms with van der Waals surface area (Å²) in [6, 6.07) is 9.66. The third-order valence-corrected chi connectivity index (χ3v) is 11.1. The van der Waals surface area contributed by atoms with Gasteiger partial charge in [0.1, 0.15) is 0 Å². The largest absolute Gasteiger partial charge is 0.348 e. The van der Waals surface area contributed by atoms with Crippen LogP contribution in [0.3, 0.4) is 0 Å². The van der Waals surface area contributed by atoms with Gasteiger partial charge in [-0.1, -0.05) is 76.9 Å². The molecule has 0 radical (unpaired) electrons. The molecule has 4 nitrogen and oxygen atoms in total. The topological polar surface area (TPSA) is 50.3 Å². The van der Waals surface area contributed by atoms with E-state index in [9.17, 15) is 8.42 Å². The van der Waals surface area contributed by atoms with Crippen molar-refractivity contribution < 1.29 is 8.42 Å². The summed E-state index contributed by atoms with van der Waals surface area (Å²) in [6.45, 7) is 14.0. The monoisotopic (exact) mass is 578 g/mol. The van der Waals surface area contributed by atoms with Crippen LogP contribution in [0.15, 0.2) is 40.6 Å². The number of anilines is 1. The molecule has 200 valence electrons. The van der Waals surface area contributed by atoms with E-state index in [-0.39, 0.29) is 11.8 Å². The SMILES string of the molecule is CC(C)c1cc(C(C)C)c(S(=O)(=O)C2CCN(c3nc(-c4ccc(Cl)cc4Cl)cs3)CC2)c(C(C)C)c1. The molecule has 1 fully saturated rings. The molecule has 4 rings (SSSR count). The lowest BCUT2D eigenvalue weighted by molar-refractivity contribution is 0.526. The Bertz CT molecular complexity index is 1340. The average molecular weight is 580 g/mol. The van der Waals surface area contributed by atoms with Gasteiger partial charge in [0.05, 0.1) is 20.9 Å². The second kappa shape index (κ2) is 11.3. The number of hydrogen-bond acceptors (Lipinski definition) is 5. The van der Waals surface area contributed by atoms with Crippen LogP contribution in [0.4, 0.5) is 5.13 Å². The van der Waals surface area contributed by atoms with Crippen molar-refractivity contribution >= 4 is 49.5 Å². The molecule has 37 heavy (non-hydrogen) atoms. The van der Waals surface area contributed by atoms with Gasteiger partial charge in [0.15, 0.2) is 15.0 Å². The molecule has 0 aliphatic carbocycles. The Morgan fingerprint density at radius 3 is 2.03 bits per heavy atom. The fourth-order valence-corrected chi connectivity index (χ4v) is 8.77. The molecule has 0 N–H and O–H groups in total. The standard InChI is InChI=1S/C29H36Cl2N2O2S2/c1-17(2)20-13-24(18(3)4)28(25(14-20)19(5)6)37(34,35)22-9-11-33(12-10-22)29-32-27(16-36-29)23-8-7-21(30)15-26(23)31/h7-8,13-19,22H,9-12H2,1-6H3. The summed E-state index contributed by atoms with van der Waals surface area (Å²) in [5, 5.41) is 3.65. The van der Waals surface area contributed by atoms with E-state index >= 15 is 0 Å². The van der Waals surface area contributed by atoms with E-state index in [4.69, 9.17) is 28.2 Å². The number of thiazole rings is 1. The zero-order valence-corrected chi connectivity index (χ0v) is 25.5. The highest BCUT2D eigenvalue weighted by Crippen LogP contribution is 2.40. The summed E-state index contributed by atoms with van der Waals surface area (Å²) in [7, 11) is -3.48. The Morgan fingerprint density at radius 2 is 1.51 bits per heavy atom. The van der Waals surface area contributed by atoms with Gasteiger partial charge in [0, 0.05) is 29.1 Å². The first-order valence-electron chi connectivity index (χ1n) is 13.0. The van der Waals surface area contributed by atoms with Gasteiger partial charge in [0.25, 0.3) is 0 Å². The first-order chi connectivity index (χ1) is 17.4. The van der Waals surface area contributed by atoms with Crippen LogP contribution in [0.1, 0.15) is 88.8 Å². The number of aromatic nitrogens is 1. The quantitative estimate of drug-likeness (QED) is 0.280. The van der Waals surface area contributed by atoms with Crippen molar-refractivity contribution in [2.24, 2.45) is 0 Å². The Morgan fingerprint density at radius 1 is 0.919 bits per heavy atom. The molecular weight excluding hydrogens is 543 g/mol. The molecule has 1 aliphatic rings. The zero-order chi connectivity index (χ0) is 27.1. The predicted molar refractivity (Wildman–Crippen MR) is 159 cm³/mol. The zero-order valence-electron chi connectivity index (χ0n) is 22.4. The van der Waals surface area contributed by atoms with Crippen molar-refractivity contribution in [3.05, 3.63) is 62.4 Å². The van der Waals surface area contributed by atoms with Crippen molar-refractivity contribution in [3.63, 3.8) is 0 Å². The number of halogens is 2. The summed E-state index contributed by atoms with van der Waals surface area (Å²) in [6.07, 6.45) is 1.17.